The van der Waals surface area contributed by atoms with Crippen molar-refractivity contribution in [2.75, 3.05) is 0 Å². The molecule has 3 nitrogen and oxygen atoms in total. The molecule has 92 valence electrons. The molecule has 0 radical (unpaired) electrons. The number of halogens is 2. The highest BCUT2D eigenvalue weighted by molar-refractivity contribution is 9.10. The zero-order valence-corrected chi connectivity index (χ0v) is 11.6. The molecule has 0 bridgehead atoms. The standard InChI is InChI=1S/C13H10BrClN2O/c14-8-2-1-3-10(6-8)18-12-5-4-9(15)7-11(12)13(16)17/h1-7H,(H3,16,17). The first-order valence-electron chi connectivity index (χ1n) is 5.13. The summed E-state index contributed by atoms with van der Waals surface area (Å²) < 4.78 is 6.61. The maximum atomic E-state index is 7.51. The normalized spacial score (nSPS) is 10.1. The van der Waals surface area contributed by atoms with Gasteiger partial charge in [0.15, 0.2) is 0 Å². The summed E-state index contributed by atoms with van der Waals surface area (Å²) in [6, 6.07) is 12.4. The Kier molecular flexibility index (Phi) is 3.89. The van der Waals surface area contributed by atoms with E-state index in [0.717, 1.165) is 4.47 Å². The molecule has 0 aliphatic carbocycles. The predicted octanol–water partition coefficient (Wildman–Crippen LogP) is 4.18. The maximum absolute atomic E-state index is 7.51. The van der Waals surface area contributed by atoms with Crippen LogP contribution in [0.3, 0.4) is 0 Å². The molecule has 0 atom stereocenters. The number of nitrogens with two attached hydrogens (primary N) is 1. The molecule has 0 amide bonds. The first kappa shape index (κ1) is 12.9. The average molecular weight is 326 g/mol. The van der Waals surface area contributed by atoms with Crippen LogP contribution in [0.2, 0.25) is 5.02 Å². The van der Waals surface area contributed by atoms with Gasteiger partial charge >= 0.3 is 0 Å². The van der Waals surface area contributed by atoms with Gasteiger partial charge in [0, 0.05) is 9.50 Å². The largest absolute Gasteiger partial charge is 0.457 e. The fourth-order valence-corrected chi connectivity index (χ4v) is 2.01. The van der Waals surface area contributed by atoms with Gasteiger partial charge in [0.1, 0.15) is 17.3 Å². The summed E-state index contributed by atoms with van der Waals surface area (Å²) in [6.45, 7) is 0. The number of rotatable bonds is 3. The lowest BCUT2D eigenvalue weighted by Crippen LogP contribution is -2.12. The highest BCUT2D eigenvalue weighted by Gasteiger charge is 2.08. The molecule has 2 rings (SSSR count). The van der Waals surface area contributed by atoms with E-state index in [1.165, 1.54) is 0 Å². The molecule has 2 aromatic rings. The van der Waals surface area contributed by atoms with E-state index in [4.69, 9.17) is 27.5 Å². The van der Waals surface area contributed by atoms with Crippen LogP contribution in [-0.4, -0.2) is 5.84 Å². The predicted molar refractivity (Wildman–Crippen MR) is 76.7 cm³/mol. The molecule has 0 saturated carbocycles. The first-order valence-corrected chi connectivity index (χ1v) is 6.31. The summed E-state index contributed by atoms with van der Waals surface area (Å²) in [4.78, 5) is 0. The lowest BCUT2D eigenvalue weighted by atomic mass is 10.2. The Balaban J connectivity index is 2.37. The Labute approximate surface area is 118 Å². The van der Waals surface area contributed by atoms with E-state index < -0.39 is 0 Å². The molecule has 5 heteroatoms. The van der Waals surface area contributed by atoms with E-state index in [1.807, 2.05) is 24.3 Å². The topological polar surface area (TPSA) is 59.1 Å². The van der Waals surface area contributed by atoms with Crippen molar-refractivity contribution in [1.29, 1.82) is 5.41 Å². The van der Waals surface area contributed by atoms with Gasteiger partial charge in [-0.25, -0.2) is 0 Å². The number of ether oxygens (including phenoxy) is 1. The lowest BCUT2D eigenvalue weighted by molar-refractivity contribution is 0.481. The zero-order chi connectivity index (χ0) is 13.1. The third kappa shape index (κ3) is 3.03. The fourth-order valence-electron chi connectivity index (χ4n) is 1.46. The van der Waals surface area contributed by atoms with Gasteiger partial charge in [-0.3, -0.25) is 5.41 Å². The van der Waals surface area contributed by atoms with Gasteiger partial charge in [-0.15, -0.1) is 0 Å². The van der Waals surface area contributed by atoms with Gasteiger partial charge in [-0.1, -0.05) is 33.6 Å². The molecule has 0 fully saturated rings. The average Bonchev–Trinajstić information content (AvgIpc) is 2.31. The van der Waals surface area contributed by atoms with Crippen LogP contribution >= 0.6 is 27.5 Å². The summed E-state index contributed by atoms with van der Waals surface area (Å²) in [5.41, 5.74) is 5.98. The lowest BCUT2D eigenvalue weighted by Gasteiger charge is -2.10. The van der Waals surface area contributed by atoms with Crippen molar-refractivity contribution in [2.24, 2.45) is 5.73 Å². The molecule has 3 N–H and O–H groups in total. The van der Waals surface area contributed by atoms with Crippen molar-refractivity contribution in [3.8, 4) is 11.5 Å². The minimum atomic E-state index is -0.0810. The Bertz CT molecular complexity index is 601. The molecule has 0 aliphatic rings. The second-order valence-electron chi connectivity index (χ2n) is 3.61. The second-order valence-corrected chi connectivity index (χ2v) is 4.97. The van der Waals surface area contributed by atoms with Crippen LogP contribution in [0.15, 0.2) is 46.9 Å². The van der Waals surface area contributed by atoms with Crippen LogP contribution < -0.4 is 10.5 Å². The fraction of sp³-hybridized carbons (Fsp3) is 0. The number of hydrogen-bond acceptors (Lipinski definition) is 2. The van der Waals surface area contributed by atoms with Crippen molar-refractivity contribution >= 4 is 33.4 Å². The first-order chi connectivity index (χ1) is 8.56. The Morgan fingerprint density at radius 1 is 1.22 bits per heavy atom. The summed E-state index contributed by atoms with van der Waals surface area (Å²) in [7, 11) is 0. The minimum absolute atomic E-state index is 0.0810. The molecule has 0 spiro atoms. The third-order valence-corrected chi connectivity index (χ3v) is 2.98. The molecule has 0 saturated heterocycles. The molecule has 0 unspecified atom stereocenters. The van der Waals surface area contributed by atoms with Crippen molar-refractivity contribution < 1.29 is 4.74 Å². The smallest absolute Gasteiger partial charge is 0.138 e. The molecular formula is C13H10BrClN2O. The molecule has 0 heterocycles. The summed E-state index contributed by atoms with van der Waals surface area (Å²) in [5, 5.41) is 8.03. The molecule has 18 heavy (non-hydrogen) atoms. The van der Waals surface area contributed by atoms with Gasteiger partial charge in [0.25, 0.3) is 0 Å². The minimum Gasteiger partial charge on any atom is -0.457 e. The zero-order valence-electron chi connectivity index (χ0n) is 9.28. The highest BCUT2D eigenvalue weighted by atomic mass is 79.9. The second kappa shape index (κ2) is 5.42. The van der Waals surface area contributed by atoms with E-state index in [-0.39, 0.29) is 5.84 Å². The Morgan fingerprint density at radius 2 is 2.00 bits per heavy atom. The van der Waals surface area contributed by atoms with Crippen LogP contribution in [-0.2, 0) is 0 Å². The highest BCUT2D eigenvalue weighted by Crippen LogP contribution is 2.29. The number of nitrogen functional groups attached to an aromatic ring is 1. The summed E-state index contributed by atoms with van der Waals surface area (Å²) in [5.74, 6) is 1.08. The molecule has 2 aromatic carbocycles. The number of nitrogens with one attached hydrogen (secondary N) is 1. The molecular weight excluding hydrogens is 316 g/mol. The van der Waals surface area contributed by atoms with E-state index in [1.54, 1.807) is 18.2 Å². The quantitative estimate of drug-likeness (QED) is 0.657. The van der Waals surface area contributed by atoms with Crippen LogP contribution in [0.25, 0.3) is 0 Å². The van der Waals surface area contributed by atoms with E-state index >= 15 is 0 Å². The summed E-state index contributed by atoms with van der Waals surface area (Å²) >= 11 is 9.24. The SMILES string of the molecule is N=C(N)c1cc(Cl)ccc1Oc1cccc(Br)c1. The number of hydrogen-bond donors (Lipinski definition) is 2. The van der Waals surface area contributed by atoms with E-state index in [2.05, 4.69) is 15.9 Å². The van der Waals surface area contributed by atoms with Crippen LogP contribution in [0, 0.1) is 5.41 Å². The van der Waals surface area contributed by atoms with Crippen LogP contribution in [0.5, 0.6) is 11.5 Å². The number of benzene rings is 2. The monoisotopic (exact) mass is 324 g/mol. The van der Waals surface area contributed by atoms with E-state index in [0.29, 0.717) is 22.1 Å². The van der Waals surface area contributed by atoms with Gasteiger partial charge in [-0.2, -0.15) is 0 Å². The van der Waals surface area contributed by atoms with Crippen molar-refractivity contribution in [2.45, 2.75) is 0 Å². The van der Waals surface area contributed by atoms with Gasteiger partial charge < -0.3 is 10.5 Å². The van der Waals surface area contributed by atoms with E-state index in [9.17, 15) is 0 Å². The Hall–Kier alpha value is -1.52. The van der Waals surface area contributed by atoms with Crippen molar-refractivity contribution in [3.63, 3.8) is 0 Å². The van der Waals surface area contributed by atoms with Gasteiger partial charge in [0.2, 0.25) is 0 Å². The number of amidine groups is 1. The molecule has 0 aromatic heterocycles. The van der Waals surface area contributed by atoms with Gasteiger partial charge in [0.05, 0.1) is 5.56 Å². The summed E-state index contributed by atoms with van der Waals surface area (Å²) in [6.07, 6.45) is 0. The maximum Gasteiger partial charge on any atom is 0.138 e. The Morgan fingerprint density at radius 3 is 2.67 bits per heavy atom. The molecule has 0 aliphatic heterocycles. The van der Waals surface area contributed by atoms with Crippen molar-refractivity contribution in [3.05, 3.63) is 57.5 Å². The van der Waals surface area contributed by atoms with Crippen LogP contribution in [0.1, 0.15) is 5.56 Å². The van der Waals surface area contributed by atoms with Crippen LogP contribution in [0.4, 0.5) is 0 Å². The van der Waals surface area contributed by atoms with Gasteiger partial charge in [-0.05, 0) is 36.4 Å². The third-order valence-electron chi connectivity index (χ3n) is 2.26. The van der Waals surface area contributed by atoms with Crippen molar-refractivity contribution in [1.82, 2.24) is 0 Å².